The van der Waals surface area contributed by atoms with Crippen LogP contribution in [0, 0.1) is 6.92 Å². The van der Waals surface area contributed by atoms with Crippen LogP contribution in [-0.2, 0) is 13.0 Å². The van der Waals surface area contributed by atoms with Gasteiger partial charge >= 0.3 is 0 Å². The molecular weight excluding hydrogens is 260 g/mol. The Hall–Kier alpha value is -2.10. The van der Waals surface area contributed by atoms with Crippen molar-refractivity contribution < 1.29 is 0 Å². The number of aryl methyl sites for hydroxylation is 2. The Labute approximate surface area is 127 Å². The number of rotatable bonds is 6. The van der Waals surface area contributed by atoms with E-state index in [4.69, 9.17) is 0 Å². The maximum Gasteiger partial charge on any atom is 0.134 e. The van der Waals surface area contributed by atoms with Crippen LogP contribution in [0.4, 0.5) is 11.6 Å². The zero-order valence-corrected chi connectivity index (χ0v) is 13.3. The molecule has 0 saturated carbocycles. The Balaban J connectivity index is 2.21. The molecule has 0 aliphatic carbocycles. The predicted molar refractivity (Wildman–Crippen MR) is 88.9 cm³/mol. The van der Waals surface area contributed by atoms with Gasteiger partial charge in [-0.3, -0.25) is 0 Å². The minimum Gasteiger partial charge on any atom is -0.370 e. The number of benzene rings is 1. The number of nitrogens with one attached hydrogen (secondary N) is 1. The van der Waals surface area contributed by atoms with Crippen LogP contribution in [0.25, 0.3) is 0 Å². The van der Waals surface area contributed by atoms with Crippen LogP contribution < -0.4 is 10.2 Å². The summed E-state index contributed by atoms with van der Waals surface area (Å²) < 4.78 is 0. The van der Waals surface area contributed by atoms with Gasteiger partial charge in [0.2, 0.25) is 0 Å². The summed E-state index contributed by atoms with van der Waals surface area (Å²) in [4.78, 5) is 11.3. The highest BCUT2D eigenvalue weighted by atomic mass is 15.2. The third kappa shape index (κ3) is 4.18. The van der Waals surface area contributed by atoms with Crippen molar-refractivity contribution in [3.8, 4) is 0 Å². The second kappa shape index (κ2) is 7.07. The van der Waals surface area contributed by atoms with Gasteiger partial charge < -0.3 is 10.2 Å². The van der Waals surface area contributed by atoms with Crippen LogP contribution >= 0.6 is 0 Å². The van der Waals surface area contributed by atoms with Crippen LogP contribution in [0.3, 0.4) is 0 Å². The lowest BCUT2D eigenvalue weighted by molar-refractivity contribution is 0.858. The first-order valence-electron chi connectivity index (χ1n) is 7.51. The molecule has 0 spiro atoms. The maximum absolute atomic E-state index is 4.63. The van der Waals surface area contributed by atoms with Crippen LogP contribution in [-0.4, -0.2) is 23.6 Å². The van der Waals surface area contributed by atoms with E-state index in [1.165, 1.54) is 11.1 Å². The van der Waals surface area contributed by atoms with Gasteiger partial charge in [-0.2, -0.15) is 0 Å². The van der Waals surface area contributed by atoms with Crippen LogP contribution in [0.5, 0.6) is 0 Å². The number of aromatic nitrogens is 2. The molecule has 1 heterocycles. The first kappa shape index (κ1) is 15.3. The summed E-state index contributed by atoms with van der Waals surface area (Å²) in [6, 6.07) is 10.6. The van der Waals surface area contributed by atoms with Crippen molar-refractivity contribution in [2.75, 3.05) is 23.8 Å². The number of hydrogen-bond donors (Lipinski definition) is 1. The van der Waals surface area contributed by atoms with Gasteiger partial charge in [0, 0.05) is 32.6 Å². The van der Waals surface area contributed by atoms with Crippen LogP contribution in [0.15, 0.2) is 30.3 Å². The molecule has 1 N–H and O–H groups in total. The summed E-state index contributed by atoms with van der Waals surface area (Å²) in [7, 11) is 2.07. The average molecular weight is 284 g/mol. The van der Waals surface area contributed by atoms with Gasteiger partial charge in [-0.25, -0.2) is 9.97 Å². The summed E-state index contributed by atoms with van der Waals surface area (Å²) in [6.45, 7) is 7.97. The standard InChI is InChI=1S/C17H24N4/c1-5-15-19-16(18-6-2)11-17(20-15)21(4)12-14-9-7-8-13(3)10-14/h7-11H,5-6,12H2,1-4H3,(H,18,19,20). The second-order valence-corrected chi connectivity index (χ2v) is 5.26. The predicted octanol–water partition coefficient (Wildman–Crippen LogP) is 3.42. The van der Waals surface area contributed by atoms with E-state index in [9.17, 15) is 0 Å². The lowest BCUT2D eigenvalue weighted by Crippen LogP contribution is -2.19. The van der Waals surface area contributed by atoms with Gasteiger partial charge in [0.25, 0.3) is 0 Å². The molecule has 0 unspecified atom stereocenters. The number of anilines is 2. The highest BCUT2D eigenvalue weighted by molar-refractivity contribution is 5.49. The molecule has 2 aromatic rings. The van der Waals surface area contributed by atoms with E-state index < -0.39 is 0 Å². The Morgan fingerprint density at radius 2 is 1.95 bits per heavy atom. The van der Waals surface area contributed by atoms with Crippen molar-refractivity contribution in [3.63, 3.8) is 0 Å². The van der Waals surface area contributed by atoms with Gasteiger partial charge in [0.15, 0.2) is 0 Å². The molecule has 1 aromatic carbocycles. The summed E-state index contributed by atoms with van der Waals surface area (Å²) in [5, 5.41) is 3.27. The fraction of sp³-hybridized carbons (Fsp3) is 0.412. The fourth-order valence-corrected chi connectivity index (χ4v) is 2.27. The molecule has 4 nitrogen and oxygen atoms in total. The average Bonchev–Trinajstić information content (AvgIpc) is 2.47. The van der Waals surface area contributed by atoms with E-state index in [1.54, 1.807) is 0 Å². The second-order valence-electron chi connectivity index (χ2n) is 5.26. The highest BCUT2D eigenvalue weighted by Gasteiger charge is 2.08. The largest absolute Gasteiger partial charge is 0.370 e. The van der Waals surface area contributed by atoms with Gasteiger partial charge in [-0.1, -0.05) is 36.8 Å². The quantitative estimate of drug-likeness (QED) is 0.882. The molecule has 0 aliphatic rings. The highest BCUT2D eigenvalue weighted by Crippen LogP contribution is 2.17. The summed E-state index contributed by atoms with van der Waals surface area (Å²) in [6.07, 6.45) is 0.838. The zero-order chi connectivity index (χ0) is 15.2. The van der Waals surface area contributed by atoms with E-state index in [1.807, 2.05) is 6.07 Å². The first-order chi connectivity index (χ1) is 10.1. The molecule has 4 heteroatoms. The fourth-order valence-electron chi connectivity index (χ4n) is 2.27. The topological polar surface area (TPSA) is 41.0 Å². The SMILES string of the molecule is CCNc1cc(N(C)Cc2cccc(C)c2)nc(CC)n1. The summed E-state index contributed by atoms with van der Waals surface area (Å²) in [5.74, 6) is 2.73. The Morgan fingerprint density at radius 3 is 2.62 bits per heavy atom. The molecule has 21 heavy (non-hydrogen) atoms. The Bertz CT molecular complexity index is 595. The van der Waals surface area contributed by atoms with E-state index in [0.717, 1.165) is 37.0 Å². The van der Waals surface area contributed by atoms with Gasteiger partial charge in [-0.15, -0.1) is 0 Å². The minimum absolute atomic E-state index is 0.838. The first-order valence-corrected chi connectivity index (χ1v) is 7.51. The monoisotopic (exact) mass is 284 g/mol. The lowest BCUT2D eigenvalue weighted by Gasteiger charge is -2.20. The van der Waals surface area contributed by atoms with Gasteiger partial charge in [0.05, 0.1) is 0 Å². The van der Waals surface area contributed by atoms with Gasteiger partial charge in [0.1, 0.15) is 17.5 Å². The van der Waals surface area contributed by atoms with Crippen molar-refractivity contribution in [2.45, 2.75) is 33.7 Å². The molecule has 0 amide bonds. The molecule has 0 atom stereocenters. The summed E-state index contributed by atoms with van der Waals surface area (Å²) in [5.41, 5.74) is 2.57. The smallest absolute Gasteiger partial charge is 0.134 e. The van der Waals surface area contributed by atoms with Crippen LogP contribution in [0.1, 0.15) is 30.8 Å². The Morgan fingerprint density at radius 1 is 1.14 bits per heavy atom. The van der Waals surface area contributed by atoms with E-state index >= 15 is 0 Å². The molecule has 2 rings (SSSR count). The van der Waals surface area contributed by atoms with Crippen molar-refractivity contribution in [3.05, 3.63) is 47.3 Å². The Kier molecular flexibility index (Phi) is 5.14. The van der Waals surface area contributed by atoms with E-state index in [0.29, 0.717) is 0 Å². The normalized spacial score (nSPS) is 10.5. The minimum atomic E-state index is 0.838. The molecule has 0 aliphatic heterocycles. The molecular formula is C17H24N4. The van der Waals surface area contributed by atoms with Gasteiger partial charge in [-0.05, 0) is 19.4 Å². The van der Waals surface area contributed by atoms with Crippen LogP contribution in [0.2, 0.25) is 0 Å². The molecule has 0 saturated heterocycles. The molecule has 1 aromatic heterocycles. The zero-order valence-electron chi connectivity index (χ0n) is 13.3. The summed E-state index contributed by atoms with van der Waals surface area (Å²) >= 11 is 0. The van der Waals surface area contributed by atoms with Crippen molar-refractivity contribution in [1.82, 2.24) is 9.97 Å². The molecule has 0 fully saturated rings. The maximum atomic E-state index is 4.63. The van der Waals surface area contributed by atoms with E-state index in [-0.39, 0.29) is 0 Å². The third-order valence-electron chi connectivity index (χ3n) is 3.33. The van der Waals surface area contributed by atoms with Crippen molar-refractivity contribution in [1.29, 1.82) is 0 Å². The van der Waals surface area contributed by atoms with Crippen molar-refractivity contribution in [2.24, 2.45) is 0 Å². The number of hydrogen-bond acceptors (Lipinski definition) is 4. The molecule has 0 radical (unpaired) electrons. The van der Waals surface area contributed by atoms with Crippen molar-refractivity contribution >= 4 is 11.6 Å². The van der Waals surface area contributed by atoms with E-state index in [2.05, 4.69) is 72.3 Å². The third-order valence-corrected chi connectivity index (χ3v) is 3.33. The lowest BCUT2D eigenvalue weighted by atomic mass is 10.1. The molecule has 112 valence electrons. The number of nitrogens with zero attached hydrogens (tertiary/aromatic N) is 3. The molecule has 0 bridgehead atoms.